The summed E-state index contributed by atoms with van der Waals surface area (Å²) in [6, 6.07) is 7.49. The number of benzene rings is 1. The Hall–Kier alpha value is -2.04. The molecule has 1 aliphatic heterocycles. The number of carbonyl (C=O) groups excluding carboxylic acids is 2. The van der Waals surface area contributed by atoms with Gasteiger partial charge in [-0.2, -0.15) is 0 Å². The standard InChI is InChI=1S/C18H24N2O3/c1-2-10-19(12-14-7-8-14)17(21)9-11-20-15-5-3-4-6-16(15)23-13-18(20)22/h3-6,14H,2,7-13H2,1H3. The number of carbonyl (C=O) groups is 2. The maximum atomic E-state index is 12.5. The largest absolute Gasteiger partial charge is 0.482 e. The van der Waals surface area contributed by atoms with Crippen LogP contribution in [0.15, 0.2) is 24.3 Å². The molecule has 1 saturated carbocycles. The third kappa shape index (κ3) is 3.84. The molecule has 5 heteroatoms. The molecule has 23 heavy (non-hydrogen) atoms. The van der Waals surface area contributed by atoms with Gasteiger partial charge in [-0.25, -0.2) is 0 Å². The second kappa shape index (κ2) is 7.02. The van der Waals surface area contributed by atoms with Crippen molar-refractivity contribution in [2.24, 2.45) is 5.92 Å². The summed E-state index contributed by atoms with van der Waals surface area (Å²) in [6.07, 6.45) is 3.82. The number of para-hydroxylation sites is 2. The summed E-state index contributed by atoms with van der Waals surface area (Å²) in [4.78, 5) is 28.3. The molecule has 0 saturated heterocycles. The fraction of sp³-hybridized carbons (Fsp3) is 0.556. The molecule has 2 amide bonds. The molecular formula is C18H24N2O3. The van der Waals surface area contributed by atoms with Gasteiger partial charge in [-0.1, -0.05) is 19.1 Å². The van der Waals surface area contributed by atoms with E-state index in [-0.39, 0.29) is 18.4 Å². The van der Waals surface area contributed by atoms with Crippen molar-refractivity contribution in [3.63, 3.8) is 0 Å². The Labute approximate surface area is 137 Å². The summed E-state index contributed by atoms with van der Waals surface area (Å²) in [6.45, 7) is 4.24. The van der Waals surface area contributed by atoms with Crippen molar-refractivity contribution >= 4 is 17.5 Å². The molecule has 0 atom stereocenters. The average Bonchev–Trinajstić information content (AvgIpc) is 3.37. The Balaban J connectivity index is 1.62. The lowest BCUT2D eigenvalue weighted by Crippen LogP contribution is -2.42. The fourth-order valence-corrected chi connectivity index (χ4v) is 2.96. The quantitative estimate of drug-likeness (QED) is 0.776. The fourth-order valence-electron chi connectivity index (χ4n) is 2.96. The minimum absolute atomic E-state index is 0.0476. The van der Waals surface area contributed by atoms with Crippen LogP contribution in [-0.2, 0) is 9.59 Å². The zero-order valence-corrected chi connectivity index (χ0v) is 13.7. The summed E-state index contributed by atoms with van der Waals surface area (Å²) in [5.74, 6) is 1.47. The normalized spacial score (nSPS) is 16.7. The molecule has 1 aromatic carbocycles. The molecule has 3 rings (SSSR count). The maximum Gasteiger partial charge on any atom is 0.265 e. The van der Waals surface area contributed by atoms with E-state index in [2.05, 4.69) is 6.92 Å². The van der Waals surface area contributed by atoms with Gasteiger partial charge in [0.25, 0.3) is 5.91 Å². The first-order chi connectivity index (χ1) is 11.2. The predicted octanol–water partition coefficient (Wildman–Crippen LogP) is 2.45. The van der Waals surface area contributed by atoms with Gasteiger partial charge in [0.05, 0.1) is 5.69 Å². The highest BCUT2D eigenvalue weighted by molar-refractivity contribution is 5.98. The summed E-state index contributed by atoms with van der Waals surface area (Å²) in [5.41, 5.74) is 0.765. The predicted molar refractivity (Wildman–Crippen MR) is 88.5 cm³/mol. The van der Waals surface area contributed by atoms with Crippen LogP contribution in [0.1, 0.15) is 32.6 Å². The third-order valence-corrected chi connectivity index (χ3v) is 4.38. The van der Waals surface area contributed by atoms with Gasteiger partial charge < -0.3 is 14.5 Å². The number of hydrogen-bond donors (Lipinski definition) is 0. The van der Waals surface area contributed by atoms with Crippen LogP contribution in [0.25, 0.3) is 0 Å². The van der Waals surface area contributed by atoms with E-state index in [0.717, 1.165) is 25.2 Å². The molecule has 2 aliphatic rings. The zero-order valence-electron chi connectivity index (χ0n) is 13.7. The Bertz CT molecular complexity index is 583. The number of nitrogens with zero attached hydrogens (tertiary/aromatic N) is 2. The summed E-state index contributed by atoms with van der Waals surface area (Å²) < 4.78 is 5.43. The second-order valence-electron chi connectivity index (χ2n) is 6.33. The van der Waals surface area contributed by atoms with Crippen LogP contribution in [-0.4, -0.2) is 43.0 Å². The highest BCUT2D eigenvalue weighted by Gasteiger charge is 2.28. The number of amides is 2. The van der Waals surface area contributed by atoms with E-state index < -0.39 is 0 Å². The number of rotatable bonds is 7. The number of ether oxygens (including phenoxy) is 1. The Kier molecular flexibility index (Phi) is 4.84. The summed E-state index contributed by atoms with van der Waals surface area (Å²) in [7, 11) is 0. The van der Waals surface area contributed by atoms with Gasteiger partial charge in [0.15, 0.2) is 6.61 Å². The first kappa shape index (κ1) is 15.8. The Morgan fingerprint density at radius 3 is 2.87 bits per heavy atom. The maximum absolute atomic E-state index is 12.5. The molecule has 0 radical (unpaired) electrons. The molecule has 0 aromatic heterocycles. The molecule has 124 valence electrons. The molecule has 5 nitrogen and oxygen atoms in total. The van der Waals surface area contributed by atoms with Crippen LogP contribution >= 0.6 is 0 Å². The molecule has 0 N–H and O–H groups in total. The SMILES string of the molecule is CCCN(CC1CC1)C(=O)CCN1C(=O)COc2ccccc21. The molecule has 0 unspecified atom stereocenters. The molecule has 0 bridgehead atoms. The third-order valence-electron chi connectivity index (χ3n) is 4.38. The van der Waals surface area contributed by atoms with Crippen LogP contribution < -0.4 is 9.64 Å². The molecule has 0 spiro atoms. The smallest absolute Gasteiger partial charge is 0.265 e. The van der Waals surface area contributed by atoms with E-state index in [1.54, 1.807) is 4.90 Å². The molecular weight excluding hydrogens is 292 g/mol. The van der Waals surface area contributed by atoms with Crippen LogP contribution in [0.4, 0.5) is 5.69 Å². The Morgan fingerprint density at radius 2 is 2.13 bits per heavy atom. The highest BCUT2D eigenvalue weighted by atomic mass is 16.5. The van der Waals surface area contributed by atoms with Gasteiger partial charge in [-0.05, 0) is 37.3 Å². The second-order valence-corrected chi connectivity index (χ2v) is 6.33. The van der Waals surface area contributed by atoms with E-state index in [1.165, 1.54) is 12.8 Å². The Morgan fingerprint density at radius 1 is 1.35 bits per heavy atom. The van der Waals surface area contributed by atoms with E-state index in [1.807, 2.05) is 29.2 Å². The van der Waals surface area contributed by atoms with Gasteiger partial charge in [0.2, 0.25) is 5.91 Å². The van der Waals surface area contributed by atoms with Gasteiger partial charge in [-0.15, -0.1) is 0 Å². The van der Waals surface area contributed by atoms with Crippen LogP contribution in [0.5, 0.6) is 5.75 Å². The van der Waals surface area contributed by atoms with Crippen LogP contribution in [0.3, 0.4) is 0 Å². The van der Waals surface area contributed by atoms with Crippen molar-refractivity contribution in [2.75, 3.05) is 31.1 Å². The first-order valence-corrected chi connectivity index (χ1v) is 8.49. The van der Waals surface area contributed by atoms with Crippen LogP contribution in [0.2, 0.25) is 0 Å². The minimum Gasteiger partial charge on any atom is -0.482 e. The summed E-state index contributed by atoms with van der Waals surface area (Å²) in [5, 5.41) is 0. The number of hydrogen-bond acceptors (Lipinski definition) is 3. The van der Waals surface area contributed by atoms with Crippen molar-refractivity contribution in [1.29, 1.82) is 0 Å². The lowest BCUT2D eigenvalue weighted by molar-refractivity contribution is -0.131. The van der Waals surface area contributed by atoms with E-state index in [9.17, 15) is 9.59 Å². The monoisotopic (exact) mass is 316 g/mol. The topological polar surface area (TPSA) is 49.9 Å². The zero-order chi connectivity index (χ0) is 16.2. The van der Waals surface area contributed by atoms with Gasteiger partial charge in [-0.3, -0.25) is 9.59 Å². The van der Waals surface area contributed by atoms with Crippen molar-refractivity contribution in [3.05, 3.63) is 24.3 Å². The van der Waals surface area contributed by atoms with Crippen molar-refractivity contribution in [2.45, 2.75) is 32.6 Å². The van der Waals surface area contributed by atoms with Crippen LogP contribution in [0, 0.1) is 5.92 Å². The molecule has 1 aliphatic carbocycles. The van der Waals surface area contributed by atoms with Crippen molar-refractivity contribution in [3.8, 4) is 5.75 Å². The molecule has 1 aromatic rings. The molecule has 1 heterocycles. The molecule has 1 fully saturated rings. The summed E-state index contributed by atoms with van der Waals surface area (Å²) >= 11 is 0. The number of anilines is 1. The van der Waals surface area contributed by atoms with Gasteiger partial charge in [0.1, 0.15) is 5.75 Å². The number of fused-ring (bicyclic) bond motifs is 1. The first-order valence-electron chi connectivity index (χ1n) is 8.49. The van der Waals surface area contributed by atoms with Crippen molar-refractivity contribution < 1.29 is 14.3 Å². The van der Waals surface area contributed by atoms with Crippen molar-refractivity contribution in [1.82, 2.24) is 4.90 Å². The minimum atomic E-state index is -0.0827. The van der Waals surface area contributed by atoms with Gasteiger partial charge >= 0.3 is 0 Å². The van der Waals surface area contributed by atoms with Gasteiger partial charge in [0, 0.05) is 26.1 Å². The van der Waals surface area contributed by atoms with E-state index in [4.69, 9.17) is 4.74 Å². The average molecular weight is 316 g/mol. The lowest BCUT2D eigenvalue weighted by atomic mass is 10.2. The van der Waals surface area contributed by atoms with E-state index in [0.29, 0.717) is 24.6 Å². The van der Waals surface area contributed by atoms with E-state index >= 15 is 0 Å². The highest BCUT2D eigenvalue weighted by Crippen LogP contribution is 2.32. The lowest BCUT2D eigenvalue weighted by Gasteiger charge is -2.30.